The molecule has 0 aromatic rings. The van der Waals surface area contributed by atoms with Gasteiger partial charge in [0.25, 0.3) is 0 Å². The molecule has 2 N–H and O–H groups in total. The van der Waals surface area contributed by atoms with E-state index in [0.717, 1.165) is 12.8 Å². The Kier molecular flexibility index (Phi) is 10.6. The maximum absolute atomic E-state index is 10.6. The van der Waals surface area contributed by atoms with E-state index in [4.69, 9.17) is 10.5 Å². The standard InChI is InChI=1S/C18H35NO2/c1-2-3-4-5-7-10-13-16-17(21-16)14-11-8-6-9-12-15-18(19)20/h16-17H,2-15H2,1H3,(H2,19,20). The summed E-state index contributed by atoms with van der Waals surface area (Å²) in [6.07, 6.45) is 18.3. The molecule has 21 heavy (non-hydrogen) atoms. The summed E-state index contributed by atoms with van der Waals surface area (Å²) in [7, 11) is 0. The van der Waals surface area contributed by atoms with Gasteiger partial charge in [-0.1, -0.05) is 71.1 Å². The molecule has 1 heterocycles. The van der Waals surface area contributed by atoms with Crippen LogP contribution < -0.4 is 5.73 Å². The largest absolute Gasteiger partial charge is 0.370 e. The number of epoxide rings is 1. The van der Waals surface area contributed by atoms with Crippen molar-refractivity contribution in [2.24, 2.45) is 5.73 Å². The summed E-state index contributed by atoms with van der Waals surface area (Å²) >= 11 is 0. The summed E-state index contributed by atoms with van der Waals surface area (Å²) in [5, 5.41) is 0. The first kappa shape index (κ1) is 18.5. The number of rotatable bonds is 15. The molecule has 1 aliphatic rings. The van der Waals surface area contributed by atoms with E-state index in [1.165, 1.54) is 70.6 Å². The van der Waals surface area contributed by atoms with Gasteiger partial charge in [0.05, 0.1) is 12.2 Å². The second-order valence-electron chi connectivity index (χ2n) is 6.54. The van der Waals surface area contributed by atoms with Gasteiger partial charge in [-0.25, -0.2) is 0 Å². The molecule has 1 rings (SSSR count). The summed E-state index contributed by atoms with van der Waals surface area (Å²) < 4.78 is 5.74. The van der Waals surface area contributed by atoms with Crippen LogP contribution in [0.5, 0.6) is 0 Å². The van der Waals surface area contributed by atoms with Crippen molar-refractivity contribution >= 4 is 5.91 Å². The van der Waals surface area contributed by atoms with Crippen LogP contribution in [0.25, 0.3) is 0 Å². The Hall–Kier alpha value is -0.570. The number of amides is 1. The Morgan fingerprint density at radius 1 is 0.810 bits per heavy atom. The number of primary amides is 1. The third kappa shape index (κ3) is 10.8. The van der Waals surface area contributed by atoms with Crippen molar-refractivity contribution in [2.75, 3.05) is 0 Å². The maximum Gasteiger partial charge on any atom is 0.217 e. The molecule has 0 aromatic carbocycles. The molecule has 0 bridgehead atoms. The topological polar surface area (TPSA) is 55.6 Å². The second kappa shape index (κ2) is 12.0. The molecular weight excluding hydrogens is 262 g/mol. The molecule has 0 spiro atoms. The summed E-state index contributed by atoms with van der Waals surface area (Å²) in [6.45, 7) is 2.26. The van der Waals surface area contributed by atoms with Crippen molar-refractivity contribution in [3.8, 4) is 0 Å². The van der Waals surface area contributed by atoms with Gasteiger partial charge >= 0.3 is 0 Å². The highest BCUT2D eigenvalue weighted by molar-refractivity contribution is 5.73. The van der Waals surface area contributed by atoms with Gasteiger partial charge in [-0.15, -0.1) is 0 Å². The van der Waals surface area contributed by atoms with Gasteiger partial charge in [0.2, 0.25) is 5.91 Å². The number of unbranched alkanes of at least 4 members (excludes halogenated alkanes) is 9. The molecular formula is C18H35NO2. The molecule has 1 fully saturated rings. The van der Waals surface area contributed by atoms with Gasteiger partial charge < -0.3 is 10.5 Å². The van der Waals surface area contributed by atoms with Gasteiger partial charge in [-0.05, 0) is 19.3 Å². The van der Waals surface area contributed by atoms with E-state index in [-0.39, 0.29) is 5.91 Å². The molecule has 1 saturated heterocycles. The van der Waals surface area contributed by atoms with Crippen molar-refractivity contribution in [1.29, 1.82) is 0 Å². The van der Waals surface area contributed by atoms with Crippen molar-refractivity contribution in [2.45, 2.75) is 109 Å². The number of hydrogen-bond donors (Lipinski definition) is 1. The molecule has 2 atom stereocenters. The molecule has 3 nitrogen and oxygen atoms in total. The van der Waals surface area contributed by atoms with E-state index in [2.05, 4.69) is 6.92 Å². The molecule has 0 saturated carbocycles. The third-order valence-electron chi connectivity index (χ3n) is 4.44. The monoisotopic (exact) mass is 297 g/mol. The summed E-state index contributed by atoms with van der Waals surface area (Å²) in [5.41, 5.74) is 5.11. The lowest BCUT2D eigenvalue weighted by Crippen LogP contribution is -2.09. The molecule has 124 valence electrons. The zero-order valence-corrected chi connectivity index (χ0v) is 13.9. The van der Waals surface area contributed by atoms with Crippen molar-refractivity contribution < 1.29 is 9.53 Å². The minimum Gasteiger partial charge on any atom is -0.370 e. The SMILES string of the molecule is CCCCCCCCC1OC1CCCCCCCC(N)=O. The van der Waals surface area contributed by atoms with Crippen LogP contribution in [-0.2, 0) is 9.53 Å². The minimum atomic E-state index is -0.168. The lowest BCUT2D eigenvalue weighted by atomic mass is 10.0. The molecule has 1 aliphatic heterocycles. The van der Waals surface area contributed by atoms with Crippen LogP contribution in [-0.4, -0.2) is 18.1 Å². The molecule has 1 amide bonds. The Morgan fingerprint density at radius 3 is 1.81 bits per heavy atom. The number of hydrogen-bond acceptors (Lipinski definition) is 2. The molecule has 0 radical (unpaired) electrons. The van der Waals surface area contributed by atoms with Gasteiger partial charge in [0, 0.05) is 6.42 Å². The summed E-state index contributed by atoms with van der Waals surface area (Å²) in [4.78, 5) is 10.6. The van der Waals surface area contributed by atoms with Gasteiger partial charge in [-0.2, -0.15) is 0 Å². The number of carbonyl (C=O) groups is 1. The fourth-order valence-electron chi connectivity index (χ4n) is 2.99. The average Bonchev–Trinajstić information content (AvgIpc) is 3.20. The zero-order chi connectivity index (χ0) is 15.3. The van der Waals surface area contributed by atoms with E-state index >= 15 is 0 Å². The first-order chi connectivity index (χ1) is 10.2. The predicted molar refractivity (Wildman–Crippen MR) is 88.2 cm³/mol. The Bertz CT molecular complexity index is 268. The number of carbonyl (C=O) groups excluding carboxylic acids is 1. The summed E-state index contributed by atoms with van der Waals surface area (Å²) in [6, 6.07) is 0. The third-order valence-corrected chi connectivity index (χ3v) is 4.44. The van der Waals surface area contributed by atoms with E-state index in [0.29, 0.717) is 18.6 Å². The molecule has 2 unspecified atom stereocenters. The highest BCUT2D eigenvalue weighted by Gasteiger charge is 2.36. The highest BCUT2D eigenvalue weighted by Crippen LogP contribution is 2.31. The fourth-order valence-corrected chi connectivity index (χ4v) is 2.99. The lowest BCUT2D eigenvalue weighted by molar-refractivity contribution is -0.118. The predicted octanol–water partition coefficient (Wildman–Crippen LogP) is 4.72. The zero-order valence-electron chi connectivity index (χ0n) is 13.9. The average molecular weight is 297 g/mol. The van der Waals surface area contributed by atoms with Gasteiger partial charge in [0.15, 0.2) is 0 Å². The van der Waals surface area contributed by atoms with Crippen LogP contribution in [0.15, 0.2) is 0 Å². The number of nitrogens with two attached hydrogens (primary N) is 1. The van der Waals surface area contributed by atoms with E-state index in [1.54, 1.807) is 0 Å². The second-order valence-corrected chi connectivity index (χ2v) is 6.54. The normalized spacial score (nSPS) is 20.6. The van der Waals surface area contributed by atoms with Gasteiger partial charge in [-0.3, -0.25) is 4.79 Å². The molecule has 0 aromatic heterocycles. The van der Waals surface area contributed by atoms with E-state index < -0.39 is 0 Å². The Balaban J connectivity index is 1.77. The maximum atomic E-state index is 10.6. The Morgan fingerprint density at radius 2 is 1.29 bits per heavy atom. The van der Waals surface area contributed by atoms with Crippen LogP contribution in [0.3, 0.4) is 0 Å². The van der Waals surface area contributed by atoms with Crippen LogP contribution in [0.4, 0.5) is 0 Å². The van der Waals surface area contributed by atoms with Crippen LogP contribution in [0.1, 0.15) is 96.8 Å². The van der Waals surface area contributed by atoms with Gasteiger partial charge in [0.1, 0.15) is 0 Å². The fraction of sp³-hybridized carbons (Fsp3) is 0.944. The quantitative estimate of drug-likeness (QED) is 0.351. The Labute approximate surface area is 131 Å². The highest BCUT2D eigenvalue weighted by atomic mass is 16.6. The number of ether oxygens (including phenoxy) is 1. The van der Waals surface area contributed by atoms with E-state index in [9.17, 15) is 4.79 Å². The first-order valence-electron chi connectivity index (χ1n) is 9.17. The lowest BCUT2D eigenvalue weighted by Gasteiger charge is -2.00. The summed E-state index contributed by atoms with van der Waals surface area (Å²) in [5.74, 6) is -0.168. The molecule has 3 heteroatoms. The minimum absolute atomic E-state index is 0.168. The van der Waals surface area contributed by atoms with Crippen molar-refractivity contribution in [3.63, 3.8) is 0 Å². The van der Waals surface area contributed by atoms with Crippen LogP contribution in [0.2, 0.25) is 0 Å². The molecule has 0 aliphatic carbocycles. The first-order valence-corrected chi connectivity index (χ1v) is 9.17. The van der Waals surface area contributed by atoms with Crippen molar-refractivity contribution in [3.05, 3.63) is 0 Å². The van der Waals surface area contributed by atoms with Crippen molar-refractivity contribution in [1.82, 2.24) is 0 Å². The van der Waals surface area contributed by atoms with Crippen LogP contribution >= 0.6 is 0 Å². The van der Waals surface area contributed by atoms with Crippen LogP contribution in [0, 0.1) is 0 Å². The van der Waals surface area contributed by atoms with E-state index in [1.807, 2.05) is 0 Å². The smallest absolute Gasteiger partial charge is 0.217 e.